The third-order valence-corrected chi connectivity index (χ3v) is 5.46. The van der Waals surface area contributed by atoms with Gasteiger partial charge in [0.2, 0.25) is 11.8 Å². The Morgan fingerprint density at radius 3 is 2.35 bits per heavy atom. The van der Waals surface area contributed by atoms with Crippen LogP contribution in [0.4, 0.5) is 0 Å². The van der Waals surface area contributed by atoms with Crippen molar-refractivity contribution in [2.24, 2.45) is 5.92 Å². The molecule has 2 amide bonds. The standard InChI is InChI=1S/C21H26Cl2N2O6/c1-12(2)7-16(19(29)21(10-27)11-31-21)25-20(30)17(9-26)24-18(28)6-4-13-3-5-14(22)15(23)8-13/h3-6,8,12,16-17,26-27H,7,9-11H2,1-2H3,(H,24,28)(H,25,30)/b6-4+/t16-,17-,21+/m0/s1. The molecule has 170 valence electrons. The van der Waals surface area contributed by atoms with Crippen molar-refractivity contribution >= 4 is 46.9 Å². The SMILES string of the molecule is CC(C)C[C@H](NC(=O)[C@H](CO)NC(=O)/C=C/c1ccc(Cl)c(Cl)c1)C(=O)[C@@]1(CO)CO1. The zero-order valence-corrected chi connectivity index (χ0v) is 18.7. The molecule has 1 aliphatic rings. The summed E-state index contributed by atoms with van der Waals surface area (Å²) in [6.45, 7) is 2.71. The molecule has 0 bridgehead atoms. The van der Waals surface area contributed by atoms with Gasteiger partial charge in [-0.3, -0.25) is 14.4 Å². The van der Waals surface area contributed by atoms with Crippen LogP contribution in [0.1, 0.15) is 25.8 Å². The lowest BCUT2D eigenvalue weighted by Gasteiger charge is -2.24. The van der Waals surface area contributed by atoms with E-state index in [4.69, 9.17) is 27.9 Å². The molecule has 10 heteroatoms. The van der Waals surface area contributed by atoms with Crippen LogP contribution < -0.4 is 10.6 Å². The van der Waals surface area contributed by atoms with Gasteiger partial charge < -0.3 is 25.6 Å². The normalized spacial score (nSPS) is 19.8. The summed E-state index contributed by atoms with van der Waals surface area (Å²) in [7, 11) is 0. The Morgan fingerprint density at radius 2 is 1.84 bits per heavy atom. The number of aliphatic hydroxyl groups is 2. The number of ketones is 1. The highest BCUT2D eigenvalue weighted by molar-refractivity contribution is 6.42. The second kappa shape index (κ2) is 11.1. The number of halogens is 2. The first-order valence-electron chi connectivity index (χ1n) is 9.76. The molecule has 1 aliphatic heterocycles. The number of aliphatic hydroxyl groups excluding tert-OH is 2. The molecule has 0 radical (unpaired) electrons. The topological polar surface area (TPSA) is 128 Å². The Kier molecular flexibility index (Phi) is 9.02. The van der Waals surface area contributed by atoms with Crippen LogP contribution in [0.2, 0.25) is 10.0 Å². The molecule has 0 saturated carbocycles. The van der Waals surface area contributed by atoms with Crippen molar-refractivity contribution < 1.29 is 29.3 Å². The number of benzene rings is 1. The molecule has 31 heavy (non-hydrogen) atoms. The van der Waals surface area contributed by atoms with Crippen molar-refractivity contribution in [2.75, 3.05) is 19.8 Å². The number of carbonyl (C=O) groups is 3. The largest absolute Gasteiger partial charge is 0.394 e. The molecule has 1 aromatic rings. The molecule has 4 N–H and O–H groups in total. The van der Waals surface area contributed by atoms with Gasteiger partial charge in [0.1, 0.15) is 6.04 Å². The Balaban J connectivity index is 2.01. The molecule has 1 heterocycles. The van der Waals surface area contributed by atoms with Gasteiger partial charge in [0, 0.05) is 6.08 Å². The van der Waals surface area contributed by atoms with E-state index in [0.29, 0.717) is 22.0 Å². The van der Waals surface area contributed by atoms with E-state index in [1.807, 2.05) is 13.8 Å². The molecule has 0 spiro atoms. The smallest absolute Gasteiger partial charge is 0.245 e. The van der Waals surface area contributed by atoms with Crippen LogP contribution in [0.5, 0.6) is 0 Å². The molecule has 1 fully saturated rings. The van der Waals surface area contributed by atoms with Crippen LogP contribution in [-0.4, -0.2) is 65.3 Å². The van der Waals surface area contributed by atoms with Gasteiger partial charge >= 0.3 is 0 Å². The van der Waals surface area contributed by atoms with Crippen molar-refractivity contribution in [3.05, 3.63) is 39.9 Å². The first-order valence-corrected chi connectivity index (χ1v) is 10.5. The van der Waals surface area contributed by atoms with Crippen LogP contribution in [0.3, 0.4) is 0 Å². The van der Waals surface area contributed by atoms with Gasteiger partial charge in [-0.05, 0) is 36.1 Å². The lowest BCUT2D eigenvalue weighted by Crippen LogP contribution is -2.55. The Hall–Kier alpha value is -1.97. The Labute approximate surface area is 190 Å². The zero-order chi connectivity index (χ0) is 23.2. The molecule has 3 atom stereocenters. The van der Waals surface area contributed by atoms with Gasteiger partial charge in [-0.25, -0.2) is 0 Å². The highest BCUT2D eigenvalue weighted by Crippen LogP contribution is 2.30. The van der Waals surface area contributed by atoms with E-state index in [1.165, 1.54) is 12.2 Å². The highest BCUT2D eigenvalue weighted by Gasteiger charge is 2.54. The van der Waals surface area contributed by atoms with E-state index in [-0.39, 0.29) is 12.5 Å². The predicted octanol–water partition coefficient (Wildman–Crippen LogP) is 1.34. The summed E-state index contributed by atoms with van der Waals surface area (Å²) in [4.78, 5) is 37.5. The van der Waals surface area contributed by atoms with E-state index in [2.05, 4.69) is 10.6 Å². The molecule has 0 unspecified atom stereocenters. The molecule has 0 aliphatic carbocycles. The van der Waals surface area contributed by atoms with E-state index >= 15 is 0 Å². The number of amides is 2. The Bertz CT molecular complexity index is 854. The van der Waals surface area contributed by atoms with Crippen LogP contribution >= 0.6 is 23.2 Å². The number of epoxide rings is 1. The van der Waals surface area contributed by atoms with Gasteiger partial charge in [0.05, 0.1) is 35.9 Å². The van der Waals surface area contributed by atoms with Crippen molar-refractivity contribution in [1.29, 1.82) is 0 Å². The molecule has 1 aromatic carbocycles. The molecule has 1 saturated heterocycles. The fraction of sp³-hybridized carbons (Fsp3) is 0.476. The fourth-order valence-electron chi connectivity index (χ4n) is 2.89. The first kappa shape index (κ1) is 25.3. The molecule has 8 nitrogen and oxygen atoms in total. The maximum absolute atomic E-state index is 12.7. The number of ether oxygens (including phenoxy) is 1. The summed E-state index contributed by atoms with van der Waals surface area (Å²) in [5, 5.41) is 24.7. The minimum absolute atomic E-state index is 0.0695. The van der Waals surface area contributed by atoms with Crippen LogP contribution in [0, 0.1) is 5.92 Å². The molecular weight excluding hydrogens is 447 g/mol. The van der Waals surface area contributed by atoms with E-state index < -0.39 is 48.5 Å². The zero-order valence-electron chi connectivity index (χ0n) is 17.2. The lowest BCUT2D eigenvalue weighted by molar-refractivity contribution is -0.134. The first-order chi connectivity index (χ1) is 14.6. The number of rotatable bonds is 11. The third-order valence-electron chi connectivity index (χ3n) is 4.72. The summed E-state index contributed by atoms with van der Waals surface area (Å²) in [5.41, 5.74) is -0.663. The van der Waals surface area contributed by atoms with Crippen LogP contribution in [0.15, 0.2) is 24.3 Å². The number of hydrogen-bond acceptors (Lipinski definition) is 6. The van der Waals surface area contributed by atoms with Gasteiger partial charge in [0.15, 0.2) is 11.4 Å². The van der Waals surface area contributed by atoms with Crippen molar-refractivity contribution in [2.45, 2.75) is 38.0 Å². The van der Waals surface area contributed by atoms with E-state index in [0.717, 1.165) is 0 Å². The van der Waals surface area contributed by atoms with Crippen LogP contribution in [-0.2, 0) is 19.1 Å². The Morgan fingerprint density at radius 1 is 1.16 bits per heavy atom. The second-order valence-electron chi connectivity index (χ2n) is 7.75. The number of nitrogens with one attached hydrogen (secondary N) is 2. The summed E-state index contributed by atoms with van der Waals surface area (Å²) < 4.78 is 5.10. The lowest BCUT2D eigenvalue weighted by atomic mass is 9.92. The van der Waals surface area contributed by atoms with Crippen molar-refractivity contribution in [1.82, 2.24) is 10.6 Å². The third kappa shape index (κ3) is 7.02. The van der Waals surface area contributed by atoms with Gasteiger partial charge in [-0.15, -0.1) is 0 Å². The second-order valence-corrected chi connectivity index (χ2v) is 8.56. The maximum atomic E-state index is 12.7. The molecule has 0 aromatic heterocycles. The van der Waals surface area contributed by atoms with E-state index in [9.17, 15) is 24.6 Å². The number of carbonyl (C=O) groups excluding carboxylic acids is 3. The van der Waals surface area contributed by atoms with Gasteiger partial charge in [0.25, 0.3) is 0 Å². The average Bonchev–Trinajstić information content (AvgIpc) is 3.52. The quantitative estimate of drug-likeness (QED) is 0.284. The maximum Gasteiger partial charge on any atom is 0.245 e. The minimum Gasteiger partial charge on any atom is -0.394 e. The van der Waals surface area contributed by atoms with Crippen LogP contribution in [0.25, 0.3) is 6.08 Å². The summed E-state index contributed by atoms with van der Waals surface area (Å²) in [6, 6.07) is 2.63. The van der Waals surface area contributed by atoms with Crippen molar-refractivity contribution in [3.8, 4) is 0 Å². The highest BCUT2D eigenvalue weighted by atomic mass is 35.5. The molecular formula is C21H26Cl2N2O6. The molecule has 2 rings (SSSR count). The minimum atomic E-state index is -1.28. The fourth-order valence-corrected chi connectivity index (χ4v) is 3.20. The monoisotopic (exact) mass is 472 g/mol. The summed E-state index contributed by atoms with van der Waals surface area (Å²) >= 11 is 11.8. The number of Topliss-reactive ketones (excluding diaryl/α,β-unsaturated/α-hetero) is 1. The summed E-state index contributed by atoms with van der Waals surface area (Å²) in [5.74, 6) is -1.70. The van der Waals surface area contributed by atoms with Crippen molar-refractivity contribution in [3.63, 3.8) is 0 Å². The average molecular weight is 473 g/mol. The van der Waals surface area contributed by atoms with E-state index in [1.54, 1.807) is 18.2 Å². The van der Waals surface area contributed by atoms with Gasteiger partial charge in [-0.1, -0.05) is 43.1 Å². The number of hydrogen-bond donors (Lipinski definition) is 4. The van der Waals surface area contributed by atoms with Gasteiger partial charge in [-0.2, -0.15) is 0 Å². The predicted molar refractivity (Wildman–Crippen MR) is 117 cm³/mol. The summed E-state index contributed by atoms with van der Waals surface area (Å²) in [6.07, 6.45) is 2.98.